The molecule has 3 aliphatic rings. The lowest BCUT2D eigenvalue weighted by molar-refractivity contribution is -0.173. The molecule has 1 saturated heterocycles. The predicted molar refractivity (Wildman–Crippen MR) is 125 cm³/mol. The highest BCUT2D eigenvalue weighted by molar-refractivity contribution is 5.93. The number of anilines is 2. The Labute approximate surface area is 205 Å². The number of fused-ring (bicyclic) bond motifs is 2. The van der Waals surface area contributed by atoms with E-state index >= 15 is 0 Å². The standard InChI is InChI=1S/C25H24F3N5O3/c26-25(27,28)22-13-18(16-6-7-20-21(12-16)36-15-35-20)29-23-14-19(30-33(22)23)24(34)32-10-8-31(9-11-32)17-4-2-1-3-5-17/h1-7,12,14,18,22,29H,8-11,13,15H2/t18-,22-/m1/s1. The first-order valence-corrected chi connectivity index (χ1v) is 11.8. The zero-order valence-electron chi connectivity index (χ0n) is 19.2. The van der Waals surface area contributed by atoms with E-state index in [1.807, 2.05) is 30.3 Å². The summed E-state index contributed by atoms with van der Waals surface area (Å²) in [6.45, 7) is 2.29. The fourth-order valence-corrected chi connectivity index (χ4v) is 5.00. The second kappa shape index (κ2) is 8.65. The Kier molecular flexibility index (Phi) is 5.42. The number of halogens is 3. The minimum atomic E-state index is -4.53. The lowest BCUT2D eigenvalue weighted by Gasteiger charge is -2.35. The van der Waals surface area contributed by atoms with Crippen LogP contribution >= 0.6 is 0 Å². The smallest absolute Gasteiger partial charge is 0.410 e. The van der Waals surface area contributed by atoms with E-state index in [1.54, 1.807) is 23.1 Å². The van der Waals surface area contributed by atoms with Crippen molar-refractivity contribution in [1.82, 2.24) is 14.7 Å². The number of amides is 1. The average Bonchev–Trinajstić information content (AvgIpc) is 3.54. The van der Waals surface area contributed by atoms with E-state index in [4.69, 9.17) is 9.47 Å². The van der Waals surface area contributed by atoms with E-state index in [0.717, 1.165) is 10.4 Å². The van der Waals surface area contributed by atoms with Gasteiger partial charge in [0.15, 0.2) is 23.2 Å². The molecule has 0 unspecified atom stereocenters. The van der Waals surface area contributed by atoms with Crippen LogP contribution in [0.15, 0.2) is 54.6 Å². The van der Waals surface area contributed by atoms with Crippen molar-refractivity contribution in [2.75, 3.05) is 43.2 Å². The van der Waals surface area contributed by atoms with Crippen LogP contribution in [-0.4, -0.2) is 59.7 Å². The first-order chi connectivity index (χ1) is 17.4. The third-order valence-corrected chi connectivity index (χ3v) is 6.90. The number of ether oxygens (including phenoxy) is 2. The molecule has 2 atom stereocenters. The normalized spacial score (nSPS) is 21.2. The Morgan fingerprint density at radius 1 is 0.972 bits per heavy atom. The molecule has 8 nitrogen and oxygen atoms in total. The van der Waals surface area contributed by atoms with Crippen LogP contribution in [0.3, 0.4) is 0 Å². The van der Waals surface area contributed by atoms with Gasteiger partial charge in [-0.1, -0.05) is 24.3 Å². The summed E-state index contributed by atoms with van der Waals surface area (Å²) in [5.74, 6) is 0.860. The third-order valence-electron chi connectivity index (χ3n) is 6.90. The molecular formula is C25H24F3N5O3. The molecule has 6 rings (SSSR count). The second-order valence-electron chi connectivity index (χ2n) is 9.08. The van der Waals surface area contributed by atoms with Crippen molar-refractivity contribution in [3.05, 3.63) is 65.9 Å². The van der Waals surface area contributed by atoms with Crippen LogP contribution < -0.4 is 19.7 Å². The van der Waals surface area contributed by atoms with Gasteiger partial charge in [-0.05, 0) is 29.8 Å². The van der Waals surface area contributed by atoms with Crippen molar-refractivity contribution in [3.63, 3.8) is 0 Å². The summed E-state index contributed by atoms with van der Waals surface area (Å²) >= 11 is 0. The monoisotopic (exact) mass is 499 g/mol. The molecule has 4 heterocycles. The molecule has 3 aliphatic heterocycles. The van der Waals surface area contributed by atoms with Gasteiger partial charge in [-0.2, -0.15) is 18.3 Å². The van der Waals surface area contributed by atoms with Crippen LogP contribution in [0.1, 0.15) is 34.6 Å². The highest BCUT2D eigenvalue weighted by Gasteiger charge is 2.47. The van der Waals surface area contributed by atoms with Gasteiger partial charge >= 0.3 is 6.18 Å². The fourth-order valence-electron chi connectivity index (χ4n) is 5.00. The maximum absolute atomic E-state index is 14.1. The molecule has 0 bridgehead atoms. The number of aromatic nitrogens is 2. The molecule has 0 saturated carbocycles. The predicted octanol–water partition coefficient (Wildman–Crippen LogP) is 4.23. The average molecular weight is 499 g/mol. The fraction of sp³-hybridized carbons (Fsp3) is 0.360. The number of carbonyl (C=O) groups is 1. The van der Waals surface area contributed by atoms with E-state index in [0.29, 0.717) is 43.2 Å². The van der Waals surface area contributed by atoms with E-state index in [1.165, 1.54) is 6.07 Å². The molecule has 0 radical (unpaired) electrons. The first kappa shape index (κ1) is 22.6. The molecule has 11 heteroatoms. The largest absolute Gasteiger partial charge is 0.454 e. The van der Waals surface area contributed by atoms with Crippen molar-refractivity contribution in [2.45, 2.75) is 24.7 Å². The van der Waals surface area contributed by atoms with Crippen molar-refractivity contribution < 1.29 is 27.4 Å². The van der Waals surface area contributed by atoms with Gasteiger partial charge in [-0.3, -0.25) is 4.79 Å². The summed E-state index contributed by atoms with van der Waals surface area (Å²) in [6.07, 6.45) is -4.79. The van der Waals surface area contributed by atoms with Gasteiger partial charge in [0, 0.05) is 44.4 Å². The zero-order chi connectivity index (χ0) is 24.9. The van der Waals surface area contributed by atoms with Gasteiger partial charge < -0.3 is 24.6 Å². The van der Waals surface area contributed by atoms with Crippen LogP contribution in [0.2, 0.25) is 0 Å². The topological polar surface area (TPSA) is 71.9 Å². The molecule has 0 spiro atoms. The number of carbonyl (C=O) groups excluding carboxylic acids is 1. The Balaban J connectivity index is 1.22. The lowest BCUT2D eigenvalue weighted by atomic mass is 9.96. The van der Waals surface area contributed by atoms with E-state index in [-0.39, 0.29) is 30.6 Å². The number of nitrogens with zero attached hydrogens (tertiary/aromatic N) is 4. The first-order valence-electron chi connectivity index (χ1n) is 11.8. The van der Waals surface area contributed by atoms with Crippen LogP contribution in [0.4, 0.5) is 24.7 Å². The molecule has 36 heavy (non-hydrogen) atoms. The van der Waals surface area contributed by atoms with Gasteiger partial charge in [0.05, 0.1) is 6.04 Å². The minimum Gasteiger partial charge on any atom is -0.454 e. The number of benzene rings is 2. The van der Waals surface area contributed by atoms with Gasteiger partial charge in [0.1, 0.15) is 5.82 Å². The highest BCUT2D eigenvalue weighted by atomic mass is 19.4. The summed E-state index contributed by atoms with van der Waals surface area (Å²) in [5, 5.41) is 7.26. The third kappa shape index (κ3) is 4.08. The number of para-hydroxylation sites is 1. The van der Waals surface area contributed by atoms with Crippen LogP contribution in [0.25, 0.3) is 0 Å². The summed E-state index contributed by atoms with van der Waals surface area (Å²) in [4.78, 5) is 17.0. The summed E-state index contributed by atoms with van der Waals surface area (Å²) in [7, 11) is 0. The Morgan fingerprint density at radius 3 is 2.47 bits per heavy atom. The maximum atomic E-state index is 14.1. The minimum absolute atomic E-state index is 0.00578. The number of piperazine rings is 1. The summed E-state index contributed by atoms with van der Waals surface area (Å²) in [6, 6.07) is 13.9. The zero-order valence-corrected chi connectivity index (χ0v) is 19.2. The Hall–Kier alpha value is -3.89. The molecule has 1 fully saturated rings. The number of hydrogen-bond donors (Lipinski definition) is 1. The summed E-state index contributed by atoms with van der Waals surface area (Å²) in [5.41, 5.74) is 1.73. The highest BCUT2D eigenvalue weighted by Crippen LogP contribution is 2.45. The number of alkyl halides is 3. The van der Waals surface area contributed by atoms with Gasteiger partial charge in [0.2, 0.25) is 6.79 Å². The van der Waals surface area contributed by atoms with Crippen LogP contribution in [0, 0.1) is 0 Å². The van der Waals surface area contributed by atoms with E-state index in [9.17, 15) is 18.0 Å². The molecule has 0 aliphatic carbocycles. The number of hydrogen-bond acceptors (Lipinski definition) is 6. The van der Waals surface area contributed by atoms with Crippen LogP contribution in [-0.2, 0) is 0 Å². The van der Waals surface area contributed by atoms with Gasteiger partial charge in [-0.15, -0.1) is 0 Å². The molecule has 1 amide bonds. The molecule has 3 aromatic rings. The van der Waals surface area contributed by atoms with E-state index in [2.05, 4.69) is 15.3 Å². The maximum Gasteiger partial charge on any atom is 0.410 e. The number of nitrogens with one attached hydrogen (secondary N) is 1. The van der Waals surface area contributed by atoms with E-state index < -0.39 is 18.3 Å². The molecule has 1 aromatic heterocycles. The van der Waals surface area contributed by atoms with Crippen molar-refractivity contribution in [1.29, 1.82) is 0 Å². The van der Waals surface area contributed by atoms with Gasteiger partial charge in [-0.25, -0.2) is 4.68 Å². The quantitative estimate of drug-likeness (QED) is 0.582. The molecule has 188 valence electrons. The SMILES string of the molecule is O=C(c1cc2n(n1)[C@@H](C(F)(F)F)C[C@H](c1ccc3c(c1)OCO3)N2)N1CCN(c2ccccc2)CC1. The molecule has 1 N–H and O–H groups in total. The Morgan fingerprint density at radius 2 is 1.72 bits per heavy atom. The van der Waals surface area contributed by atoms with Crippen molar-refractivity contribution in [2.24, 2.45) is 0 Å². The van der Waals surface area contributed by atoms with Crippen molar-refractivity contribution >= 4 is 17.4 Å². The van der Waals surface area contributed by atoms with Crippen molar-refractivity contribution in [3.8, 4) is 11.5 Å². The lowest BCUT2D eigenvalue weighted by Crippen LogP contribution is -2.49. The van der Waals surface area contributed by atoms with Crippen LogP contribution in [0.5, 0.6) is 11.5 Å². The molecule has 2 aromatic carbocycles. The Bertz CT molecular complexity index is 1270. The van der Waals surface area contributed by atoms with Gasteiger partial charge in [0.25, 0.3) is 5.91 Å². The molecular weight excluding hydrogens is 475 g/mol. The second-order valence-corrected chi connectivity index (χ2v) is 9.08. The summed E-state index contributed by atoms with van der Waals surface area (Å²) < 4.78 is 53.8. The number of rotatable bonds is 3.